The molecule has 4 aliphatic heterocycles. The van der Waals surface area contributed by atoms with E-state index in [-0.39, 0.29) is 0 Å². The lowest BCUT2D eigenvalue weighted by Gasteiger charge is -2.19. The molecule has 4 aliphatic rings. The van der Waals surface area contributed by atoms with Crippen LogP contribution in [0.4, 0.5) is 11.6 Å². The molecule has 30 heavy (non-hydrogen) atoms. The molecule has 5 rings (SSSR count). The maximum atomic E-state index is 4.81. The van der Waals surface area contributed by atoms with Gasteiger partial charge in [-0.15, -0.1) is 0 Å². The van der Waals surface area contributed by atoms with Crippen molar-refractivity contribution in [2.75, 3.05) is 10.6 Å². The molecule has 10 heteroatoms. The van der Waals surface area contributed by atoms with Crippen LogP contribution in [0.15, 0.2) is 9.98 Å². The Morgan fingerprint density at radius 3 is 1.20 bits per heavy atom. The molecule has 0 atom stereocenters. The number of rotatable bonds is 0. The molecule has 0 unspecified atom stereocenters. The van der Waals surface area contributed by atoms with Gasteiger partial charge in [0.2, 0.25) is 0 Å². The van der Waals surface area contributed by atoms with Crippen LogP contribution in [0.3, 0.4) is 0 Å². The number of hydrogen-bond acceptors (Lipinski definition) is 10. The van der Waals surface area contributed by atoms with Gasteiger partial charge in [0.05, 0.1) is 11.1 Å². The maximum absolute atomic E-state index is 4.81. The summed E-state index contributed by atoms with van der Waals surface area (Å²) in [6.45, 7) is 16.0. The van der Waals surface area contributed by atoms with Crippen molar-refractivity contribution in [3.05, 3.63) is 34.3 Å². The molecule has 0 saturated carbocycles. The minimum absolute atomic E-state index is 0.496. The first-order valence-electron chi connectivity index (χ1n) is 10.1. The van der Waals surface area contributed by atoms with E-state index in [0.29, 0.717) is 45.9 Å². The van der Waals surface area contributed by atoms with E-state index in [1.165, 1.54) is 0 Å². The van der Waals surface area contributed by atoms with Crippen molar-refractivity contribution in [1.82, 2.24) is 29.9 Å². The van der Waals surface area contributed by atoms with Gasteiger partial charge in [0.15, 0.2) is 45.9 Å². The van der Waals surface area contributed by atoms with E-state index < -0.39 is 22.2 Å². The first kappa shape index (κ1) is 19.0. The summed E-state index contributed by atoms with van der Waals surface area (Å²) >= 11 is 0. The molecule has 8 bridgehead atoms. The summed E-state index contributed by atoms with van der Waals surface area (Å²) in [5.41, 5.74) is -1.14. The van der Waals surface area contributed by atoms with Gasteiger partial charge in [-0.25, -0.2) is 39.9 Å². The van der Waals surface area contributed by atoms with Crippen LogP contribution >= 0.6 is 0 Å². The van der Waals surface area contributed by atoms with Gasteiger partial charge in [-0.1, -0.05) is 0 Å². The van der Waals surface area contributed by atoms with Crippen molar-refractivity contribution in [3.8, 4) is 0 Å². The molecule has 156 valence electrons. The Bertz CT molecular complexity index is 1160. The monoisotopic (exact) mass is 406 g/mol. The highest BCUT2D eigenvalue weighted by molar-refractivity contribution is 5.44. The van der Waals surface area contributed by atoms with Gasteiger partial charge in [-0.3, -0.25) is 0 Å². The number of hydrogen-bond donors (Lipinski definition) is 2. The van der Waals surface area contributed by atoms with Crippen LogP contribution in [0.1, 0.15) is 78.7 Å². The smallest absolute Gasteiger partial charge is 0.193 e. The highest BCUT2D eigenvalue weighted by Crippen LogP contribution is 2.32. The van der Waals surface area contributed by atoms with Crippen LogP contribution in [-0.4, -0.2) is 29.9 Å². The Hall–Kier alpha value is -3.04. The van der Waals surface area contributed by atoms with Gasteiger partial charge >= 0.3 is 0 Å². The third kappa shape index (κ3) is 2.69. The number of nitrogens with zero attached hydrogens (tertiary/aromatic N) is 8. The van der Waals surface area contributed by atoms with E-state index in [0.717, 1.165) is 0 Å². The van der Waals surface area contributed by atoms with Crippen molar-refractivity contribution in [3.63, 3.8) is 0 Å². The van der Waals surface area contributed by atoms with Crippen molar-refractivity contribution < 1.29 is 0 Å². The molecule has 1 aromatic rings. The summed E-state index contributed by atoms with van der Waals surface area (Å²) < 4.78 is 0. The third-order valence-corrected chi connectivity index (χ3v) is 5.55. The highest BCUT2D eigenvalue weighted by atomic mass is 15.2. The van der Waals surface area contributed by atoms with Crippen LogP contribution in [0.25, 0.3) is 0 Å². The molecule has 0 amide bonds. The Morgan fingerprint density at radius 2 is 0.833 bits per heavy atom. The molecule has 0 radical (unpaired) electrons. The zero-order valence-electron chi connectivity index (χ0n) is 18.6. The lowest BCUT2D eigenvalue weighted by atomic mass is 10.0. The second-order valence-electron chi connectivity index (χ2n) is 10.2. The highest BCUT2D eigenvalue weighted by Gasteiger charge is 2.38. The Balaban J connectivity index is 1.95. The summed E-state index contributed by atoms with van der Waals surface area (Å²) in [6, 6.07) is 0. The molecule has 2 N–H and O–H groups in total. The van der Waals surface area contributed by atoms with E-state index >= 15 is 0 Å². The zero-order valence-corrected chi connectivity index (χ0v) is 18.6. The van der Waals surface area contributed by atoms with Gasteiger partial charge in [0.25, 0.3) is 0 Å². The minimum atomic E-state index is -0.595. The normalized spacial score (nSPS) is 22.1. The lowest BCUT2D eigenvalue weighted by Crippen LogP contribution is -2.27. The van der Waals surface area contributed by atoms with Crippen LogP contribution in [0.5, 0.6) is 0 Å². The molecule has 10 nitrogen and oxygen atoms in total. The summed E-state index contributed by atoms with van der Waals surface area (Å²) in [5, 5.41) is 6.80. The molecule has 5 heterocycles. The Morgan fingerprint density at radius 1 is 0.467 bits per heavy atom. The number of fused-ring (bicyclic) bond motifs is 10. The van der Waals surface area contributed by atoms with Crippen molar-refractivity contribution >= 4 is 11.6 Å². The van der Waals surface area contributed by atoms with E-state index in [4.69, 9.17) is 39.9 Å². The van der Waals surface area contributed by atoms with E-state index in [9.17, 15) is 0 Å². The quantitative estimate of drug-likeness (QED) is 0.661. The van der Waals surface area contributed by atoms with Gasteiger partial charge in [0.1, 0.15) is 11.1 Å². The summed E-state index contributed by atoms with van der Waals surface area (Å²) in [5.74, 6) is 3.60. The number of nitrogens with one attached hydrogen (secondary N) is 2. The average Bonchev–Trinajstić information content (AvgIpc) is 3.25. The first-order valence-corrected chi connectivity index (χ1v) is 10.1. The summed E-state index contributed by atoms with van der Waals surface area (Å²) in [4.78, 5) is 38.1. The largest absolute Gasteiger partial charge is 0.355 e. The van der Waals surface area contributed by atoms with E-state index in [1.807, 2.05) is 55.4 Å². The fraction of sp³-hybridized carbons (Fsp3) is 0.600. The molecule has 0 aromatic carbocycles. The molecular formula is C20H26N10. The second kappa shape index (κ2) is 5.35. The predicted molar refractivity (Wildman–Crippen MR) is 110 cm³/mol. The SMILES string of the molecule is CC1(C)N=c2nc1nc1nc(c3nc(nc4nc2NC4(C)C)C(C)(C)N=3)NC1(C)C. The van der Waals surface area contributed by atoms with Gasteiger partial charge in [0, 0.05) is 0 Å². The van der Waals surface area contributed by atoms with Crippen LogP contribution in [0.2, 0.25) is 0 Å². The van der Waals surface area contributed by atoms with Crippen molar-refractivity contribution in [1.29, 1.82) is 0 Å². The molecule has 0 aliphatic carbocycles. The number of anilines is 2. The van der Waals surface area contributed by atoms with Crippen LogP contribution in [0, 0.1) is 0 Å². The lowest BCUT2D eigenvalue weighted by molar-refractivity contribution is 0.516. The van der Waals surface area contributed by atoms with Crippen molar-refractivity contribution in [2.45, 2.75) is 77.5 Å². The summed E-state index contributed by atoms with van der Waals surface area (Å²) in [6.07, 6.45) is 0. The molecule has 0 saturated heterocycles. The zero-order chi connectivity index (χ0) is 21.7. The minimum Gasteiger partial charge on any atom is -0.355 e. The molecule has 0 fully saturated rings. The van der Waals surface area contributed by atoms with E-state index in [2.05, 4.69) is 10.6 Å². The second-order valence-corrected chi connectivity index (χ2v) is 10.2. The fourth-order valence-corrected chi connectivity index (χ4v) is 3.68. The van der Waals surface area contributed by atoms with Gasteiger partial charge in [-0.05, 0) is 55.4 Å². The predicted octanol–water partition coefficient (Wildman–Crippen LogP) is 1.36. The van der Waals surface area contributed by atoms with Gasteiger partial charge < -0.3 is 10.6 Å². The van der Waals surface area contributed by atoms with Gasteiger partial charge in [-0.2, -0.15) is 0 Å². The Labute approximate surface area is 174 Å². The third-order valence-electron chi connectivity index (χ3n) is 5.55. The fourth-order valence-electron chi connectivity index (χ4n) is 3.68. The maximum Gasteiger partial charge on any atom is 0.193 e. The van der Waals surface area contributed by atoms with Crippen molar-refractivity contribution in [2.24, 2.45) is 9.98 Å². The first-order chi connectivity index (χ1) is 13.8. The van der Waals surface area contributed by atoms with Crippen LogP contribution in [-0.2, 0) is 22.2 Å². The van der Waals surface area contributed by atoms with E-state index in [1.54, 1.807) is 0 Å². The topological polar surface area (TPSA) is 126 Å². The summed E-state index contributed by atoms with van der Waals surface area (Å²) in [7, 11) is 0. The standard InChI is InChI=1S/C20H26N10/c1-17(2)13-21-9(27-17)10-22-15(19(5,6)28-10)26-16-20(7,8)30-12(24-16)11-23-14(25-13)18(3,4)29-11/h1-8H3,(H,21,23,25,27,29)(H,22,24,26,28,30). The molecular weight excluding hydrogens is 380 g/mol. The average molecular weight is 406 g/mol. The van der Waals surface area contributed by atoms with Crippen LogP contribution < -0.4 is 21.6 Å². The Kier molecular flexibility index (Phi) is 3.38. The molecule has 0 spiro atoms. The molecule has 1 aromatic heterocycles. The number of aromatic nitrogens is 6.